The minimum atomic E-state index is 0.533. The molecular formula is C14H13ClN2. The van der Waals surface area contributed by atoms with E-state index in [1.165, 1.54) is 0 Å². The van der Waals surface area contributed by atoms with Gasteiger partial charge >= 0.3 is 0 Å². The lowest BCUT2D eigenvalue weighted by Crippen LogP contribution is -2.13. The molecule has 3 heteroatoms. The molecule has 0 bridgehead atoms. The molecule has 0 aliphatic rings. The van der Waals surface area contributed by atoms with Crippen molar-refractivity contribution >= 4 is 17.4 Å². The Balaban J connectivity index is 2.10. The molecule has 0 saturated heterocycles. The van der Waals surface area contributed by atoms with Crippen LogP contribution in [-0.4, -0.2) is 5.84 Å². The second-order valence-corrected chi connectivity index (χ2v) is 4.13. The third-order valence-corrected chi connectivity index (χ3v) is 2.67. The predicted molar refractivity (Wildman–Crippen MR) is 72.3 cm³/mol. The van der Waals surface area contributed by atoms with Crippen LogP contribution in [0.3, 0.4) is 0 Å². The van der Waals surface area contributed by atoms with E-state index in [-0.39, 0.29) is 0 Å². The van der Waals surface area contributed by atoms with Gasteiger partial charge in [-0.05, 0) is 29.8 Å². The molecule has 17 heavy (non-hydrogen) atoms. The number of benzene rings is 2. The van der Waals surface area contributed by atoms with Crippen molar-refractivity contribution in [1.29, 1.82) is 0 Å². The zero-order valence-corrected chi connectivity index (χ0v) is 10.1. The van der Waals surface area contributed by atoms with Gasteiger partial charge in [0, 0.05) is 10.6 Å². The first kappa shape index (κ1) is 11.7. The largest absolute Gasteiger partial charge is 0.383 e. The number of halogens is 1. The smallest absolute Gasteiger partial charge is 0.125 e. The number of hydrogen-bond donors (Lipinski definition) is 1. The highest BCUT2D eigenvalue weighted by Crippen LogP contribution is 2.09. The molecule has 2 N–H and O–H groups in total. The normalized spacial score (nSPS) is 11.5. The fraction of sp³-hybridized carbons (Fsp3) is 0.0714. The molecule has 2 aromatic carbocycles. The number of nitrogens with zero attached hydrogens (tertiary/aromatic N) is 1. The van der Waals surface area contributed by atoms with E-state index in [0.29, 0.717) is 17.4 Å². The van der Waals surface area contributed by atoms with Gasteiger partial charge in [-0.1, -0.05) is 41.9 Å². The van der Waals surface area contributed by atoms with Crippen molar-refractivity contribution in [3.63, 3.8) is 0 Å². The molecule has 2 nitrogen and oxygen atoms in total. The highest BCUT2D eigenvalue weighted by Gasteiger charge is 1.97. The maximum Gasteiger partial charge on any atom is 0.125 e. The van der Waals surface area contributed by atoms with Gasteiger partial charge in [-0.15, -0.1) is 0 Å². The Morgan fingerprint density at radius 2 is 1.65 bits per heavy atom. The summed E-state index contributed by atoms with van der Waals surface area (Å²) in [6.07, 6.45) is 0. The summed E-state index contributed by atoms with van der Waals surface area (Å²) in [6.45, 7) is 0.593. The Bertz CT molecular complexity index is 504. The molecule has 0 heterocycles. The Labute approximate surface area is 106 Å². The topological polar surface area (TPSA) is 38.4 Å². The third-order valence-electron chi connectivity index (χ3n) is 2.41. The first-order valence-electron chi connectivity index (χ1n) is 5.35. The fourth-order valence-electron chi connectivity index (χ4n) is 1.47. The molecule has 0 fully saturated rings. The number of nitrogens with two attached hydrogens (primary N) is 1. The van der Waals surface area contributed by atoms with E-state index in [1.54, 1.807) is 0 Å². The van der Waals surface area contributed by atoms with Crippen LogP contribution in [0, 0.1) is 0 Å². The second-order valence-electron chi connectivity index (χ2n) is 3.69. The van der Waals surface area contributed by atoms with Crippen molar-refractivity contribution in [2.45, 2.75) is 6.54 Å². The summed E-state index contributed by atoms with van der Waals surface area (Å²) < 4.78 is 0. The maximum absolute atomic E-state index is 5.90. The van der Waals surface area contributed by atoms with E-state index in [2.05, 4.69) is 4.99 Å². The second kappa shape index (κ2) is 5.51. The SMILES string of the molecule is NC(=NCc1ccccc1)c1ccc(Cl)cc1. The van der Waals surface area contributed by atoms with Gasteiger partial charge in [-0.3, -0.25) is 4.99 Å². The molecule has 0 amide bonds. The van der Waals surface area contributed by atoms with Gasteiger partial charge in [0.2, 0.25) is 0 Å². The average molecular weight is 245 g/mol. The van der Waals surface area contributed by atoms with Crippen LogP contribution in [-0.2, 0) is 6.54 Å². The van der Waals surface area contributed by atoms with Crippen molar-refractivity contribution < 1.29 is 0 Å². The van der Waals surface area contributed by atoms with E-state index in [9.17, 15) is 0 Å². The fourth-order valence-corrected chi connectivity index (χ4v) is 1.60. The van der Waals surface area contributed by atoms with Crippen LogP contribution < -0.4 is 5.73 Å². The minimum absolute atomic E-state index is 0.533. The van der Waals surface area contributed by atoms with E-state index >= 15 is 0 Å². The number of rotatable bonds is 3. The van der Waals surface area contributed by atoms with Gasteiger partial charge in [-0.2, -0.15) is 0 Å². The Hall–Kier alpha value is -1.80. The third kappa shape index (κ3) is 3.33. The monoisotopic (exact) mass is 244 g/mol. The van der Waals surface area contributed by atoms with Gasteiger partial charge in [0.1, 0.15) is 5.84 Å². The molecule has 0 aromatic heterocycles. The molecule has 2 aromatic rings. The molecule has 86 valence electrons. The van der Waals surface area contributed by atoms with Crippen molar-refractivity contribution in [2.24, 2.45) is 10.7 Å². The summed E-state index contributed by atoms with van der Waals surface area (Å²) in [7, 11) is 0. The van der Waals surface area contributed by atoms with E-state index in [4.69, 9.17) is 17.3 Å². The van der Waals surface area contributed by atoms with E-state index in [0.717, 1.165) is 11.1 Å². The molecule has 0 radical (unpaired) electrons. The van der Waals surface area contributed by atoms with Gasteiger partial charge in [0.15, 0.2) is 0 Å². The van der Waals surface area contributed by atoms with Crippen LogP contribution in [0.1, 0.15) is 11.1 Å². The maximum atomic E-state index is 5.90. The lowest BCUT2D eigenvalue weighted by atomic mass is 10.2. The zero-order chi connectivity index (χ0) is 12.1. The Morgan fingerprint density at radius 3 is 2.29 bits per heavy atom. The summed E-state index contributed by atoms with van der Waals surface area (Å²) in [5.41, 5.74) is 7.94. The molecule has 0 unspecified atom stereocenters. The lowest BCUT2D eigenvalue weighted by molar-refractivity contribution is 1.06. The molecule has 0 aliphatic carbocycles. The zero-order valence-electron chi connectivity index (χ0n) is 9.31. The average Bonchev–Trinajstić information content (AvgIpc) is 2.38. The first-order chi connectivity index (χ1) is 8.25. The number of amidine groups is 1. The quantitative estimate of drug-likeness (QED) is 0.653. The summed E-state index contributed by atoms with van der Waals surface area (Å²) in [5, 5.41) is 0.699. The Kier molecular flexibility index (Phi) is 3.78. The minimum Gasteiger partial charge on any atom is -0.383 e. The van der Waals surface area contributed by atoms with Crippen LogP contribution in [0.25, 0.3) is 0 Å². The van der Waals surface area contributed by atoms with Crippen molar-refractivity contribution in [3.8, 4) is 0 Å². The van der Waals surface area contributed by atoms with Gasteiger partial charge < -0.3 is 5.73 Å². The first-order valence-corrected chi connectivity index (χ1v) is 5.73. The van der Waals surface area contributed by atoms with Gasteiger partial charge in [0.05, 0.1) is 6.54 Å². The number of aliphatic imine (C=N–C) groups is 1. The van der Waals surface area contributed by atoms with E-state index < -0.39 is 0 Å². The summed E-state index contributed by atoms with van der Waals surface area (Å²) in [6, 6.07) is 17.4. The van der Waals surface area contributed by atoms with Crippen LogP contribution in [0.15, 0.2) is 59.6 Å². The van der Waals surface area contributed by atoms with Gasteiger partial charge in [-0.25, -0.2) is 0 Å². The van der Waals surface area contributed by atoms with Gasteiger partial charge in [0.25, 0.3) is 0 Å². The highest BCUT2D eigenvalue weighted by molar-refractivity contribution is 6.30. The summed E-state index contributed by atoms with van der Waals surface area (Å²) >= 11 is 5.81. The van der Waals surface area contributed by atoms with Crippen molar-refractivity contribution in [1.82, 2.24) is 0 Å². The number of hydrogen-bond acceptors (Lipinski definition) is 1. The highest BCUT2D eigenvalue weighted by atomic mass is 35.5. The molecule has 0 atom stereocenters. The predicted octanol–water partition coefficient (Wildman–Crippen LogP) is 3.25. The van der Waals surface area contributed by atoms with Crippen LogP contribution >= 0.6 is 11.6 Å². The molecule has 0 aliphatic heterocycles. The summed E-state index contributed by atoms with van der Waals surface area (Å²) in [5.74, 6) is 0.533. The molecule has 0 spiro atoms. The van der Waals surface area contributed by atoms with Crippen molar-refractivity contribution in [3.05, 3.63) is 70.7 Å². The summed E-state index contributed by atoms with van der Waals surface area (Å²) in [4.78, 5) is 4.35. The Morgan fingerprint density at radius 1 is 1.00 bits per heavy atom. The molecular weight excluding hydrogens is 232 g/mol. The molecule has 2 rings (SSSR count). The van der Waals surface area contributed by atoms with Crippen molar-refractivity contribution in [2.75, 3.05) is 0 Å². The van der Waals surface area contributed by atoms with Crippen LogP contribution in [0.5, 0.6) is 0 Å². The lowest BCUT2D eigenvalue weighted by Gasteiger charge is -2.01. The van der Waals surface area contributed by atoms with Crippen LogP contribution in [0.4, 0.5) is 0 Å². The van der Waals surface area contributed by atoms with Crippen LogP contribution in [0.2, 0.25) is 5.02 Å². The standard InChI is InChI=1S/C14H13ClN2/c15-13-8-6-12(7-9-13)14(16)17-10-11-4-2-1-3-5-11/h1-9H,10H2,(H2,16,17). The van der Waals surface area contributed by atoms with E-state index in [1.807, 2.05) is 54.6 Å². The molecule has 0 saturated carbocycles.